The minimum Gasteiger partial charge on any atom is -0.274 e. The van der Waals surface area contributed by atoms with Gasteiger partial charge in [-0.3, -0.25) is 5.43 Å². The maximum Gasteiger partial charge on any atom is 0.349 e. The molecular formula is C8H10N4O. The molecule has 0 bridgehead atoms. The lowest BCUT2D eigenvalue weighted by Crippen LogP contribution is -2.37. The molecule has 1 aromatic rings. The predicted octanol–water partition coefficient (Wildman–Crippen LogP) is 0.193. The van der Waals surface area contributed by atoms with Gasteiger partial charge in [0.25, 0.3) is 0 Å². The number of rotatable bonds is 2. The Morgan fingerprint density at radius 3 is 2.69 bits per heavy atom. The van der Waals surface area contributed by atoms with Crippen LogP contribution in [0.25, 0.3) is 0 Å². The number of carbonyl (C=O) groups is 1. The Hall–Kier alpha value is -1.88. The number of benzene rings is 1. The third-order valence-corrected chi connectivity index (χ3v) is 1.31. The normalized spacial score (nSPS) is 9.92. The Labute approximate surface area is 75.6 Å². The maximum absolute atomic E-state index is 10.5. The van der Waals surface area contributed by atoms with Gasteiger partial charge in [0.15, 0.2) is 0 Å². The molecule has 0 saturated carbocycles. The fourth-order valence-corrected chi connectivity index (χ4v) is 0.737. The highest BCUT2D eigenvalue weighted by molar-refractivity contribution is 5.81. The van der Waals surface area contributed by atoms with Crippen molar-refractivity contribution in [2.75, 3.05) is 0 Å². The van der Waals surface area contributed by atoms with Crippen molar-refractivity contribution in [3.05, 3.63) is 35.9 Å². The predicted molar refractivity (Wildman–Crippen MR) is 49.9 cm³/mol. The molecular weight excluding hydrogens is 168 g/mol. The van der Waals surface area contributed by atoms with Crippen LogP contribution in [0.15, 0.2) is 35.4 Å². The van der Waals surface area contributed by atoms with E-state index >= 15 is 0 Å². The van der Waals surface area contributed by atoms with E-state index in [0.717, 1.165) is 5.56 Å². The average Bonchev–Trinajstić information content (AvgIpc) is 2.19. The van der Waals surface area contributed by atoms with E-state index in [4.69, 9.17) is 5.84 Å². The maximum atomic E-state index is 10.5. The van der Waals surface area contributed by atoms with Crippen molar-refractivity contribution in [3.8, 4) is 0 Å². The molecule has 5 heteroatoms. The van der Waals surface area contributed by atoms with Crippen molar-refractivity contribution < 1.29 is 4.79 Å². The number of hydrazone groups is 1. The minimum atomic E-state index is -0.549. The molecule has 0 aliphatic heterocycles. The molecule has 2 amide bonds. The van der Waals surface area contributed by atoms with Gasteiger partial charge >= 0.3 is 6.03 Å². The first-order chi connectivity index (χ1) is 6.33. The molecule has 0 heterocycles. The van der Waals surface area contributed by atoms with Crippen LogP contribution >= 0.6 is 0 Å². The molecule has 0 aromatic heterocycles. The largest absolute Gasteiger partial charge is 0.349 e. The summed E-state index contributed by atoms with van der Waals surface area (Å²) in [6, 6.07) is 8.84. The van der Waals surface area contributed by atoms with Crippen molar-refractivity contribution in [2.24, 2.45) is 10.9 Å². The van der Waals surface area contributed by atoms with Gasteiger partial charge in [-0.05, 0) is 5.56 Å². The number of nitrogens with zero attached hydrogens (tertiary/aromatic N) is 1. The molecule has 0 saturated heterocycles. The number of amides is 2. The molecule has 5 nitrogen and oxygen atoms in total. The number of nitrogens with one attached hydrogen (secondary N) is 2. The lowest BCUT2D eigenvalue weighted by Gasteiger charge is -1.95. The Morgan fingerprint density at radius 2 is 2.08 bits per heavy atom. The standard InChI is InChI=1S/C8H10N4O/c9-11-8(13)12-10-6-7-4-2-1-3-5-7/h1-6H,9H2,(H2,11,12,13)/b10-6+. The Morgan fingerprint density at radius 1 is 1.38 bits per heavy atom. The van der Waals surface area contributed by atoms with Crippen LogP contribution in [0.3, 0.4) is 0 Å². The monoisotopic (exact) mass is 178 g/mol. The molecule has 68 valence electrons. The summed E-state index contributed by atoms with van der Waals surface area (Å²) in [7, 11) is 0. The van der Waals surface area contributed by atoms with Crippen molar-refractivity contribution in [1.82, 2.24) is 10.9 Å². The lowest BCUT2D eigenvalue weighted by atomic mass is 10.2. The van der Waals surface area contributed by atoms with Crippen molar-refractivity contribution >= 4 is 12.2 Å². The Balaban J connectivity index is 2.45. The van der Waals surface area contributed by atoms with E-state index in [0.29, 0.717) is 0 Å². The first-order valence-electron chi connectivity index (χ1n) is 3.67. The first kappa shape index (κ1) is 9.21. The molecule has 0 spiro atoms. The summed E-state index contributed by atoms with van der Waals surface area (Å²) in [5, 5.41) is 3.65. The van der Waals surface area contributed by atoms with E-state index < -0.39 is 6.03 Å². The highest BCUT2D eigenvalue weighted by Crippen LogP contribution is 1.92. The first-order valence-corrected chi connectivity index (χ1v) is 3.67. The van der Waals surface area contributed by atoms with Crippen LogP contribution in [0, 0.1) is 0 Å². The van der Waals surface area contributed by atoms with Gasteiger partial charge in [0.05, 0.1) is 6.21 Å². The van der Waals surface area contributed by atoms with Crippen LogP contribution in [0.4, 0.5) is 4.79 Å². The zero-order chi connectivity index (χ0) is 9.52. The minimum absolute atomic E-state index is 0.549. The quantitative estimate of drug-likeness (QED) is 0.261. The van der Waals surface area contributed by atoms with E-state index in [1.807, 2.05) is 35.8 Å². The van der Waals surface area contributed by atoms with Crippen LogP contribution in [0.5, 0.6) is 0 Å². The van der Waals surface area contributed by atoms with Gasteiger partial charge in [-0.15, -0.1) is 0 Å². The van der Waals surface area contributed by atoms with E-state index in [9.17, 15) is 4.79 Å². The van der Waals surface area contributed by atoms with E-state index in [-0.39, 0.29) is 0 Å². The van der Waals surface area contributed by atoms with Gasteiger partial charge in [-0.25, -0.2) is 16.1 Å². The van der Waals surface area contributed by atoms with Crippen molar-refractivity contribution in [3.63, 3.8) is 0 Å². The second-order valence-corrected chi connectivity index (χ2v) is 2.25. The zero-order valence-corrected chi connectivity index (χ0v) is 6.90. The number of hydrogen-bond donors (Lipinski definition) is 3. The topological polar surface area (TPSA) is 79.5 Å². The molecule has 0 aliphatic carbocycles. The number of hydrogen-bond acceptors (Lipinski definition) is 3. The lowest BCUT2D eigenvalue weighted by molar-refractivity contribution is 0.241. The second-order valence-electron chi connectivity index (χ2n) is 2.25. The third-order valence-electron chi connectivity index (χ3n) is 1.31. The van der Waals surface area contributed by atoms with Gasteiger partial charge in [0, 0.05) is 0 Å². The van der Waals surface area contributed by atoms with Gasteiger partial charge in [-0.1, -0.05) is 30.3 Å². The molecule has 0 unspecified atom stereocenters. The number of carbonyl (C=O) groups excluding carboxylic acids is 1. The smallest absolute Gasteiger partial charge is 0.274 e. The van der Waals surface area contributed by atoms with Crippen molar-refractivity contribution in [2.45, 2.75) is 0 Å². The Bertz CT molecular complexity index is 296. The van der Waals surface area contributed by atoms with Crippen LogP contribution in [0.1, 0.15) is 5.56 Å². The summed E-state index contributed by atoms with van der Waals surface area (Å²) in [4.78, 5) is 10.5. The highest BCUT2D eigenvalue weighted by Gasteiger charge is 1.89. The number of urea groups is 1. The van der Waals surface area contributed by atoms with E-state index in [2.05, 4.69) is 10.5 Å². The van der Waals surface area contributed by atoms with Gasteiger partial charge in [0.1, 0.15) is 0 Å². The van der Waals surface area contributed by atoms with Crippen molar-refractivity contribution in [1.29, 1.82) is 0 Å². The number of nitrogens with two attached hydrogens (primary N) is 1. The molecule has 1 aromatic carbocycles. The fraction of sp³-hybridized carbons (Fsp3) is 0. The molecule has 1 rings (SSSR count). The highest BCUT2D eigenvalue weighted by atomic mass is 16.2. The van der Waals surface area contributed by atoms with Gasteiger partial charge < -0.3 is 0 Å². The van der Waals surface area contributed by atoms with Gasteiger partial charge in [0.2, 0.25) is 0 Å². The summed E-state index contributed by atoms with van der Waals surface area (Å²) in [5.41, 5.74) is 4.97. The summed E-state index contributed by atoms with van der Waals surface area (Å²) >= 11 is 0. The molecule has 13 heavy (non-hydrogen) atoms. The van der Waals surface area contributed by atoms with E-state index in [1.165, 1.54) is 6.21 Å². The van der Waals surface area contributed by atoms with Crippen LogP contribution in [-0.4, -0.2) is 12.2 Å². The third kappa shape index (κ3) is 3.35. The van der Waals surface area contributed by atoms with Gasteiger partial charge in [-0.2, -0.15) is 5.10 Å². The zero-order valence-electron chi connectivity index (χ0n) is 6.90. The molecule has 0 atom stereocenters. The van der Waals surface area contributed by atoms with Crippen LogP contribution in [0.2, 0.25) is 0 Å². The van der Waals surface area contributed by atoms with Crippen LogP contribution < -0.4 is 16.7 Å². The SMILES string of the molecule is NNC(=O)N/N=C/c1ccccc1. The molecule has 0 aliphatic rings. The van der Waals surface area contributed by atoms with Crippen LogP contribution in [-0.2, 0) is 0 Å². The fourth-order valence-electron chi connectivity index (χ4n) is 0.737. The summed E-state index contributed by atoms with van der Waals surface area (Å²) in [5.74, 6) is 4.82. The molecule has 0 radical (unpaired) electrons. The summed E-state index contributed by atoms with van der Waals surface area (Å²) in [6.07, 6.45) is 1.52. The summed E-state index contributed by atoms with van der Waals surface area (Å²) < 4.78 is 0. The molecule has 4 N–H and O–H groups in total. The second kappa shape index (κ2) is 4.89. The van der Waals surface area contributed by atoms with E-state index in [1.54, 1.807) is 0 Å². The number of hydrazine groups is 1. The summed E-state index contributed by atoms with van der Waals surface area (Å²) in [6.45, 7) is 0. The Kier molecular flexibility index (Phi) is 3.46. The molecule has 0 fully saturated rings. The average molecular weight is 178 g/mol.